The molecule has 0 unspecified atom stereocenters. The topological polar surface area (TPSA) is 58.0 Å². The van der Waals surface area contributed by atoms with E-state index < -0.39 is 0 Å². The number of rotatable bonds is 4. The van der Waals surface area contributed by atoms with Gasteiger partial charge in [0.25, 0.3) is 0 Å². The van der Waals surface area contributed by atoms with Crippen molar-refractivity contribution in [3.8, 4) is 0 Å². The van der Waals surface area contributed by atoms with E-state index in [0.717, 1.165) is 66.4 Å². The Morgan fingerprint density at radius 2 is 1.47 bits per heavy atom. The van der Waals surface area contributed by atoms with Gasteiger partial charge in [-0.05, 0) is 44.9 Å². The minimum atomic E-state index is 0.746. The van der Waals surface area contributed by atoms with Gasteiger partial charge in [-0.2, -0.15) is 0 Å². The monoisotopic (exact) mass is 444 g/mol. The Morgan fingerprint density at radius 3 is 2.16 bits per heavy atom. The maximum Gasteiger partial charge on any atom is 0.225 e. The number of benzene rings is 1. The average Bonchev–Trinajstić information content (AvgIpc) is 3.07. The molecule has 6 nitrogen and oxygen atoms in total. The Kier molecular flexibility index (Phi) is 5.51. The normalized spacial score (nSPS) is 14.4. The van der Waals surface area contributed by atoms with Gasteiger partial charge in [-0.15, -0.1) is 11.3 Å². The Bertz CT molecular complexity index is 1240. The molecule has 3 aromatic heterocycles. The van der Waals surface area contributed by atoms with Crippen LogP contribution < -0.4 is 9.80 Å². The summed E-state index contributed by atoms with van der Waals surface area (Å²) in [5.41, 5.74) is 4.57. The van der Waals surface area contributed by atoms with Crippen LogP contribution in [0.1, 0.15) is 33.2 Å². The summed E-state index contributed by atoms with van der Waals surface area (Å²) in [4.78, 5) is 26.4. The minimum Gasteiger partial charge on any atom is -0.352 e. The fraction of sp³-hybridized carbons (Fsp3) is 0.360. The summed E-state index contributed by atoms with van der Waals surface area (Å²) >= 11 is 1.77. The number of thiophene rings is 1. The van der Waals surface area contributed by atoms with Gasteiger partial charge in [-0.3, -0.25) is 0 Å². The van der Waals surface area contributed by atoms with Crippen LogP contribution in [0.2, 0.25) is 0 Å². The van der Waals surface area contributed by atoms with E-state index >= 15 is 0 Å². The lowest BCUT2D eigenvalue weighted by molar-refractivity contribution is 0.633. The molecular formula is C25H28N6S. The van der Waals surface area contributed by atoms with Gasteiger partial charge in [0.15, 0.2) is 0 Å². The third kappa shape index (κ3) is 4.05. The van der Waals surface area contributed by atoms with E-state index in [1.54, 1.807) is 11.3 Å². The Balaban J connectivity index is 1.45. The molecule has 0 radical (unpaired) electrons. The van der Waals surface area contributed by atoms with Gasteiger partial charge >= 0.3 is 0 Å². The molecule has 0 aliphatic carbocycles. The molecular weight excluding hydrogens is 416 g/mol. The number of aromatic nitrogens is 4. The first-order valence-electron chi connectivity index (χ1n) is 11.1. The third-order valence-electron chi connectivity index (χ3n) is 6.09. The van der Waals surface area contributed by atoms with Crippen molar-refractivity contribution in [1.29, 1.82) is 0 Å². The molecule has 0 N–H and O–H groups in total. The molecule has 32 heavy (non-hydrogen) atoms. The van der Waals surface area contributed by atoms with Crippen molar-refractivity contribution < 1.29 is 0 Å². The van der Waals surface area contributed by atoms with Crippen molar-refractivity contribution in [3.63, 3.8) is 0 Å². The van der Waals surface area contributed by atoms with Crippen molar-refractivity contribution in [2.75, 3.05) is 36.0 Å². The summed E-state index contributed by atoms with van der Waals surface area (Å²) in [5, 5.41) is 1.21. The van der Waals surface area contributed by atoms with Gasteiger partial charge in [0.2, 0.25) is 5.95 Å². The molecule has 0 saturated carbocycles. The summed E-state index contributed by atoms with van der Waals surface area (Å²) in [6, 6.07) is 12.5. The van der Waals surface area contributed by atoms with Crippen molar-refractivity contribution in [1.82, 2.24) is 19.9 Å². The lowest BCUT2D eigenvalue weighted by Gasteiger charge is -2.36. The summed E-state index contributed by atoms with van der Waals surface area (Å²) in [5.74, 6) is 2.80. The van der Waals surface area contributed by atoms with Gasteiger partial charge < -0.3 is 9.80 Å². The molecule has 1 fully saturated rings. The second kappa shape index (κ2) is 8.47. The predicted molar refractivity (Wildman–Crippen MR) is 132 cm³/mol. The first-order chi connectivity index (χ1) is 15.5. The maximum absolute atomic E-state index is 5.09. The molecule has 4 heterocycles. The largest absolute Gasteiger partial charge is 0.352 e. The quantitative estimate of drug-likeness (QED) is 0.457. The number of hydrogen-bond donors (Lipinski definition) is 0. The van der Waals surface area contributed by atoms with Gasteiger partial charge in [0.1, 0.15) is 16.5 Å². The molecule has 7 heteroatoms. The molecule has 5 rings (SSSR count). The zero-order valence-electron chi connectivity index (χ0n) is 19.1. The lowest BCUT2D eigenvalue weighted by atomic mass is 10.1. The molecule has 1 aromatic carbocycles. The van der Waals surface area contributed by atoms with Crippen molar-refractivity contribution in [2.24, 2.45) is 0 Å². The van der Waals surface area contributed by atoms with Crippen LogP contribution in [-0.2, 0) is 6.42 Å². The van der Waals surface area contributed by atoms with E-state index in [9.17, 15) is 0 Å². The second-order valence-electron chi connectivity index (χ2n) is 8.51. The second-order valence-corrected chi connectivity index (χ2v) is 9.72. The highest BCUT2D eigenvalue weighted by atomic mass is 32.1. The van der Waals surface area contributed by atoms with Crippen LogP contribution >= 0.6 is 11.3 Å². The molecule has 0 amide bonds. The van der Waals surface area contributed by atoms with E-state index in [-0.39, 0.29) is 0 Å². The number of fused-ring (bicyclic) bond motifs is 1. The van der Waals surface area contributed by atoms with Crippen LogP contribution in [0.25, 0.3) is 10.2 Å². The first kappa shape index (κ1) is 20.8. The minimum absolute atomic E-state index is 0.746. The fourth-order valence-corrected chi connectivity index (χ4v) is 5.37. The van der Waals surface area contributed by atoms with E-state index in [4.69, 9.17) is 9.97 Å². The number of nitrogens with zero attached hydrogens (tertiary/aromatic N) is 6. The van der Waals surface area contributed by atoms with E-state index in [2.05, 4.69) is 57.9 Å². The molecule has 0 atom stereocenters. The predicted octanol–water partition coefficient (Wildman–Crippen LogP) is 4.63. The zero-order chi connectivity index (χ0) is 22.2. The number of piperazine rings is 1. The fourth-order valence-electron chi connectivity index (χ4n) is 4.32. The number of anilines is 2. The number of hydrogen-bond acceptors (Lipinski definition) is 7. The lowest BCUT2D eigenvalue weighted by Crippen LogP contribution is -2.47. The average molecular weight is 445 g/mol. The summed E-state index contributed by atoms with van der Waals surface area (Å²) < 4.78 is 0. The first-order valence-corrected chi connectivity index (χ1v) is 11.9. The molecule has 1 saturated heterocycles. The number of aryl methyl sites for hydroxylation is 4. The molecule has 1 aliphatic rings. The molecule has 164 valence electrons. The smallest absolute Gasteiger partial charge is 0.225 e. The van der Waals surface area contributed by atoms with Gasteiger partial charge in [0.05, 0.1) is 5.39 Å². The molecule has 0 spiro atoms. The van der Waals surface area contributed by atoms with Crippen LogP contribution in [-0.4, -0.2) is 46.1 Å². The highest BCUT2D eigenvalue weighted by molar-refractivity contribution is 7.18. The molecule has 1 aliphatic heterocycles. The molecule has 0 bridgehead atoms. The Morgan fingerprint density at radius 1 is 0.812 bits per heavy atom. The Hall–Kier alpha value is -3.06. The zero-order valence-corrected chi connectivity index (χ0v) is 19.9. The third-order valence-corrected chi connectivity index (χ3v) is 7.19. The van der Waals surface area contributed by atoms with Gasteiger partial charge in [0, 0.05) is 48.9 Å². The highest BCUT2D eigenvalue weighted by Crippen LogP contribution is 2.35. The summed E-state index contributed by atoms with van der Waals surface area (Å²) in [6.07, 6.45) is 0.746. The van der Waals surface area contributed by atoms with Crippen molar-refractivity contribution >= 4 is 33.3 Å². The van der Waals surface area contributed by atoms with Crippen LogP contribution in [0, 0.1) is 27.7 Å². The summed E-state index contributed by atoms with van der Waals surface area (Å²) in [6.45, 7) is 12.0. The summed E-state index contributed by atoms with van der Waals surface area (Å²) in [7, 11) is 0. The van der Waals surface area contributed by atoms with Crippen molar-refractivity contribution in [3.05, 3.63) is 69.6 Å². The van der Waals surface area contributed by atoms with Gasteiger partial charge in [-0.1, -0.05) is 30.3 Å². The maximum atomic E-state index is 5.09. The van der Waals surface area contributed by atoms with Crippen LogP contribution in [0.4, 0.5) is 11.8 Å². The van der Waals surface area contributed by atoms with Crippen LogP contribution in [0.3, 0.4) is 0 Å². The SMILES string of the molecule is Cc1cc(C)nc(N2CCN(c3nc(Cc4ccccc4)nc4sc(C)c(C)c34)CC2)n1. The standard InChI is InChI=1S/C25H28N6S/c1-16-14-17(2)27-25(26-16)31-12-10-30(11-13-31)23-22-18(3)19(4)32-24(22)29-21(28-23)15-20-8-6-5-7-9-20/h5-9,14H,10-13,15H2,1-4H3. The van der Waals surface area contributed by atoms with Crippen molar-refractivity contribution in [2.45, 2.75) is 34.1 Å². The van der Waals surface area contributed by atoms with E-state index in [0.29, 0.717) is 0 Å². The highest BCUT2D eigenvalue weighted by Gasteiger charge is 2.24. The van der Waals surface area contributed by atoms with E-state index in [1.165, 1.54) is 21.4 Å². The Labute approximate surface area is 193 Å². The van der Waals surface area contributed by atoms with Gasteiger partial charge in [-0.25, -0.2) is 19.9 Å². The van der Waals surface area contributed by atoms with Crippen LogP contribution in [0.5, 0.6) is 0 Å². The molecule has 4 aromatic rings. The van der Waals surface area contributed by atoms with E-state index in [1.807, 2.05) is 26.0 Å². The van der Waals surface area contributed by atoms with Crippen LogP contribution in [0.15, 0.2) is 36.4 Å².